The summed E-state index contributed by atoms with van der Waals surface area (Å²) in [5, 5.41) is 2.66. The highest BCUT2D eigenvalue weighted by Crippen LogP contribution is 2.53. The zero-order chi connectivity index (χ0) is 16.9. The number of rotatable bonds is 4. The average Bonchev–Trinajstić information content (AvgIpc) is 3.06. The molecule has 2 rings (SSSR count). The van der Waals surface area contributed by atoms with Gasteiger partial charge in [-0.25, -0.2) is 8.93 Å². The van der Waals surface area contributed by atoms with Crippen LogP contribution in [0.3, 0.4) is 0 Å². The first-order valence-corrected chi connectivity index (χ1v) is 8.29. The highest BCUT2D eigenvalue weighted by Gasteiger charge is 2.67. The zero-order valence-corrected chi connectivity index (χ0v) is 14.2. The monoisotopic (exact) mass is 340 g/mol. The van der Waals surface area contributed by atoms with Crippen molar-refractivity contribution >= 4 is 11.0 Å². The molecule has 0 saturated heterocycles. The Hall–Kier alpha value is -0.800. The summed E-state index contributed by atoms with van der Waals surface area (Å²) in [7, 11) is 0.351. The van der Waals surface area contributed by atoms with Gasteiger partial charge in [-0.2, -0.15) is 13.2 Å². The van der Waals surface area contributed by atoms with Crippen LogP contribution in [0.2, 0.25) is 0 Å². The molecule has 0 radical (unpaired) electrons. The standard InChI is InChI=1S/C13H23F3N4OS/c1-9(17-22(21)11(2,3)4)10-8-20(18-19(10)5)12(6-7-12)13(14,15)16/h8-9,17-18H,6-7H2,1-5H3/t9?,22-/m0/s1. The molecular formula is C13H23F3N4OS. The van der Waals surface area contributed by atoms with E-state index in [1.807, 2.05) is 20.8 Å². The van der Waals surface area contributed by atoms with Crippen LogP contribution >= 0.6 is 0 Å². The van der Waals surface area contributed by atoms with Crippen LogP contribution in [0.1, 0.15) is 40.5 Å². The van der Waals surface area contributed by atoms with E-state index in [-0.39, 0.29) is 18.9 Å². The fourth-order valence-corrected chi connectivity index (χ4v) is 3.06. The van der Waals surface area contributed by atoms with Gasteiger partial charge in [0.05, 0.1) is 27.5 Å². The van der Waals surface area contributed by atoms with Crippen LogP contribution in [0.4, 0.5) is 13.2 Å². The fourth-order valence-electron chi connectivity index (χ4n) is 2.27. The summed E-state index contributed by atoms with van der Waals surface area (Å²) < 4.78 is 54.2. The summed E-state index contributed by atoms with van der Waals surface area (Å²) in [4.78, 5) is 0. The van der Waals surface area contributed by atoms with Crippen LogP contribution in [-0.2, 0) is 11.0 Å². The smallest absolute Gasteiger partial charge is 0.295 e. The van der Waals surface area contributed by atoms with Gasteiger partial charge in [-0.05, 0) is 40.5 Å². The molecule has 0 spiro atoms. The van der Waals surface area contributed by atoms with E-state index >= 15 is 0 Å². The molecule has 2 atom stereocenters. The van der Waals surface area contributed by atoms with Crippen molar-refractivity contribution in [1.29, 1.82) is 0 Å². The van der Waals surface area contributed by atoms with Crippen molar-refractivity contribution in [2.24, 2.45) is 0 Å². The quantitative estimate of drug-likeness (QED) is 0.822. The Bertz CT molecular complexity index is 496. The maximum atomic E-state index is 13.2. The Morgan fingerprint density at radius 3 is 2.32 bits per heavy atom. The molecule has 0 aromatic rings. The van der Waals surface area contributed by atoms with Crippen LogP contribution < -0.4 is 10.3 Å². The number of likely N-dealkylation sites (N-methyl/N-ethyl adjacent to an activating group) is 1. The molecule has 0 aromatic carbocycles. The van der Waals surface area contributed by atoms with Crippen molar-refractivity contribution in [2.45, 2.75) is 63.0 Å². The Labute approximate surface area is 131 Å². The summed E-state index contributed by atoms with van der Waals surface area (Å²) >= 11 is 0. The van der Waals surface area contributed by atoms with Gasteiger partial charge in [-0.1, -0.05) is 0 Å². The predicted octanol–water partition coefficient (Wildman–Crippen LogP) is 2.03. The zero-order valence-electron chi connectivity index (χ0n) is 13.4. The van der Waals surface area contributed by atoms with E-state index in [0.29, 0.717) is 5.70 Å². The first-order chi connectivity index (χ1) is 9.88. The molecule has 1 aliphatic heterocycles. The average molecular weight is 340 g/mol. The maximum Gasteiger partial charge on any atom is 0.413 e. The lowest BCUT2D eigenvalue weighted by Crippen LogP contribution is -2.53. The largest absolute Gasteiger partial charge is 0.413 e. The lowest BCUT2D eigenvalue weighted by molar-refractivity contribution is -0.200. The Morgan fingerprint density at radius 2 is 1.91 bits per heavy atom. The topological polar surface area (TPSA) is 47.6 Å². The first-order valence-electron chi connectivity index (χ1n) is 7.14. The normalized spacial score (nSPS) is 24.3. The number of hydrogen-bond acceptors (Lipinski definition) is 4. The van der Waals surface area contributed by atoms with E-state index in [4.69, 9.17) is 0 Å². The molecule has 1 aliphatic carbocycles. The highest BCUT2D eigenvalue weighted by molar-refractivity contribution is 7.84. The van der Waals surface area contributed by atoms with Gasteiger partial charge in [-0.3, -0.25) is 10.0 Å². The summed E-state index contributed by atoms with van der Waals surface area (Å²) in [6, 6.07) is -0.341. The maximum absolute atomic E-state index is 13.2. The SMILES string of the molecule is CC(N[S@@](=O)C(C)(C)C)C1=CN(C2(C(F)(F)F)CC2)NN1C. The third kappa shape index (κ3) is 3.11. The second-order valence-corrected chi connectivity index (χ2v) is 8.83. The molecule has 0 aromatic heterocycles. The van der Waals surface area contributed by atoms with Crippen molar-refractivity contribution < 1.29 is 17.4 Å². The minimum Gasteiger partial charge on any atom is -0.295 e. The molecule has 1 unspecified atom stereocenters. The predicted molar refractivity (Wildman–Crippen MR) is 79.3 cm³/mol. The molecule has 0 amide bonds. The number of hydrogen-bond donors (Lipinski definition) is 2. The Morgan fingerprint density at radius 1 is 1.36 bits per heavy atom. The van der Waals surface area contributed by atoms with Gasteiger partial charge in [0, 0.05) is 13.2 Å². The van der Waals surface area contributed by atoms with Gasteiger partial charge in [0.1, 0.15) is 0 Å². The first kappa shape index (κ1) is 17.6. The number of nitrogens with zero attached hydrogens (tertiary/aromatic N) is 2. The van der Waals surface area contributed by atoms with E-state index in [1.54, 1.807) is 14.0 Å². The van der Waals surface area contributed by atoms with Crippen molar-refractivity contribution in [3.8, 4) is 0 Å². The van der Waals surface area contributed by atoms with E-state index in [0.717, 1.165) is 5.01 Å². The van der Waals surface area contributed by atoms with Crippen molar-refractivity contribution in [3.05, 3.63) is 11.9 Å². The Kier molecular flexibility index (Phi) is 4.29. The number of alkyl halides is 3. The Balaban J connectivity index is 2.12. The van der Waals surface area contributed by atoms with Crippen molar-refractivity contribution in [3.63, 3.8) is 0 Å². The third-order valence-electron chi connectivity index (χ3n) is 3.90. The molecule has 1 saturated carbocycles. The lowest BCUT2D eigenvalue weighted by atomic mass is 10.2. The minimum absolute atomic E-state index is 0.0802. The second-order valence-electron chi connectivity index (χ2n) is 6.83. The van der Waals surface area contributed by atoms with Crippen LogP contribution in [0.5, 0.6) is 0 Å². The van der Waals surface area contributed by atoms with E-state index in [2.05, 4.69) is 10.3 Å². The van der Waals surface area contributed by atoms with Gasteiger partial charge in [0.25, 0.3) is 0 Å². The molecule has 1 heterocycles. The molecule has 0 bridgehead atoms. The number of nitrogens with one attached hydrogen (secondary N) is 2. The van der Waals surface area contributed by atoms with Crippen LogP contribution in [0, 0.1) is 0 Å². The lowest BCUT2D eigenvalue weighted by Gasteiger charge is -2.31. The van der Waals surface area contributed by atoms with Crippen LogP contribution in [0.25, 0.3) is 0 Å². The summed E-state index contributed by atoms with van der Waals surface area (Å²) in [6.07, 6.45) is -2.66. The van der Waals surface area contributed by atoms with E-state index in [9.17, 15) is 17.4 Å². The number of hydrazine groups is 2. The molecule has 5 nitrogen and oxygen atoms in total. The van der Waals surface area contributed by atoms with Crippen molar-refractivity contribution in [1.82, 2.24) is 20.3 Å². The molecular weight excluding hydrogens is 317 g/mol. The molecule has 9 heteroatoms. The molecule has 2 N–H and O–H groups in total. The van der Waals surface area contributed by atoms with Gasteiger partial charge < -0.3 is 0 Å². The second kappa shape index (κ2) is 5.38. The van der Waals surface area contributed by atoms with E-state index < -0.39 is 27.4 Å². The fraction of sp³-hybridized carbons (Fsp3) is 0.846. The molecule has 2 aliphatic rings. The molecule has 1 fully saturated rings. The van der Waals surface area contributed by atoms with Gasteiger partial charge in [0.15, 0.2) is 5.54 Å². The van der Waals surface area contributed by atoms with Gasteiger partial charge >= 0.3 is 6.18 Å². The summed E-state index contributed by atoms with van der Waals surface area (Å²) in [5.74, 6) is 0. The molecule has 128 valence electrons. The van der Waals surface area contributed by atoms with Crippen molar-refractivity contribution in [2.75, 3.05) is 7.05 Å². The van der Waals surface area contributed by atoms with E-state index in [1.165, 1.54) is 11.2 Å². The minimum atomic E-state index is -4.28. The number of halogens is 3. The highest BCUT2D eigenvalue weighted by atomic mass is 32.2. The summed E-state index contributed by atoms with van der Waals surface area (Å²) in [5.41, 5.74) is 1.53. The van der Waals surface area contributed by atoms with Gasteiger partial charge in [0.2, 0.25) is 0 Å². The van der Waals surface area contributed by atoms with Gasteiger partial charge in [-0.15, -0.1) is 5.53 Å². The summed E-state index contributed by atoms with van der Waals surface area (Å²) in [6.45, 7) is 7.29. The van der Waals surface area contributed by atoms with Crippen LogP contribution in [-0.4, -0.2) is 43.8 Å². The van der Waals surface area contributed by atoms with Crippen LogP contribution in [0.15, 0.2) is 11.9 Å². The third-order valence-corrected chi connectivity index (χ3v) is 5.58. The molecule has 22 heavy (non-hydrogen) atoms.